The first-order valence-electron chi connectivity index (χ1n) is 14.7. The van der Waals surface area contributed by atoms with Crippen molar-refractivity contribution in [3.63, 3.8) is 0 Å². The van der Waals surface area contributed by atoms with Gasteiger partial charge in [0.15, 0.2) is 0 Å². The maximum absolute atomic E-state index is 12.3. The predicted octanol–water partition coefficient (Wildman–Crippen LogP) is 10.3. The van der Waals surface area contributed by atoms with E-state index in [2.05, 4.69) is 86.6 Å². The number of ether oxygens (including phenoxy) is 2. The normalized spacial score (nSPS) is 11.8. The minimum atomic E-state index is -0.249. The fourth-order valence-electron chi connectivity index (χ4n) is 4.74. The van der Waals surface area contributed by atoms with Gasteiger partial charge in [0.05, 0.1) is 6.61 Å². The molecule has 0 aromatic heterocycles. The van der Waals surface area contributed by atoms with Crippen LogP contribution in [-0.4, -0.2) is 12.6 Å². The quantitative estimate of drug-likeness (QED) is 0.133. The molecule has 3 nitrogen and oxygen atoms in total. The summed E-state index contributed by atoms with van der Waals surface area (Å²) in [6, 6.07) is 25.3. The van der Waals surface area contributed by atoms with Gasteiger partial charge in [-0.25, -0.2) is 0 Å². The highest BCUT2D eigenvalue weighted by molar-refractivity contribution is 5.83. The van der Waals surface area contributed by atoms with Crippen molar-refractivity contribution in [1.82, 2.24) is 0 Å². The molecule has 38 heavy (non-hydrogen) atoms. The summed E-state index contributed by atoms with van der Waals surface area (Å²) in [6.07, 6.45) is 12.1. The Hall–Kier alpha value is -3.07. The van der Waals surface area contributed by atoms with Crippen molar-refractivity contribution < 1.29 is 14.3 Å². The Labute approximate surface area is 230 Å². The molecule has 0 bridgehead atoms. The molecule has 0 aliphatic heterocycles. The molecule has 0 heterocycles. The number of carbonyl (C=O) groups excluding carboxylic acids is 1. The van der Waals surface area contributed by atoms with E-state index in [-0.39, 0.29) is 12.1 Å². The number of rotatable bonds is 17. The highest BCUT2D eigenvalue weighted by Gasteiger charge is 2.13. The zero-order valence-electron chi connectivity index (χ0n) is 23.7. The van der Waals surface area contributed by atoms with E-state index in [0.717, 1.165) is 42.7 Å². The lowest BCUT2D eigenvalue weighted by Crippen LogP contribution is -2.08. The molecule has 0 radical (unpaired) electrons. The number of esters is 1. The highest BCUT2D eigenvalue weighted by Crippen LogP contribution is 2.33. The third kappa shape index (κ3) is 9.67. The van der Waals surface area contributed by atoms with Gasteiger partial charge in [0, 0.05) is 6.42 Å². The van der Waals surface area contributed by atoms with Gasteiger partial charge in [0.1, 0.15) is 11.9 Å². The number of unbranched alkanes of at least 4 members (excludes halogenated alkanes) is 8. The largest absolute Gasteiger partial charge is 0.494 e. The maximum Gasteiger partial charge on any atom is 0.306 e. The summed E-state index contributed by atoms with van der Waals surface area (Å²) in [6.45, 7) is 7.17. The van der Waals surface area contributed by atoms with E-state index in [9.17, 15) is 4.79 Å². The molecule has 0 N–H and O–H groups in total. The van der Waals surface area contributed by atoms with Crippen LogP contribution < -0.4 is 4.74 Å². The van der Waals surface area contributed by atoms with E-state index in [0.29, 0.717) is 6.42 Å². The van der Waals surface area contributed by atoms with Crippen molar-refractivity contribution in [2.24, 2.45) is 0 Å². The van der Waals surface area contributed by atoms with Gasteiger partial charge in [0.2, 0.25) is 0 Å². The molecule has 1 unspecified atom stereocenters. The van der Waals surface area contributed by atoms with E-state index in [1.165, 1.54) is 61.6 Å². The first kappa shape index (κ1) is 29.5. The second-order valence-electron chi connectivity index (χ2n) is 10.3. The van der Waals surface area contributed by atoms with Crippen LogP contribution in [0.15, 0.2) is 72.8 Å². The number of carbonyl (C=O) groups is 1. The van der Waals surface area contributed by atoms with E-state index < -0.39 is 0 Å². The zero-order valence-corrected chi connectivity index (χ0v) is 23.7. The van der Waals surface area contributed by atoms with E-state index in [1.54, 1.807) is 0 Å². The topological polar surface area (TPSA) is 35.5 Å². The van der Waals surface area contributed by atoms with Gasteiger partial charge in [-0.3, -0.25) is 4.79 Å². The molecule has 204 valence electrons. The van der Waals surface area contributed by atoms with Crippen LogP contribution in [0.3, 0.4) is 0 Å². The molecule has 0 fully saturated rings. The van der Waals surface area contributed by atoms with Crippen molar-refractivity contribution in [2.45, 2.75) is 97.5 Å². The third-order valence-corrected chi connectivity index (χ3v) is 7.09. The molecule has 0 spiro atoms. The van der Waals surface area contributed by atoms with Gasteiger partial charge in [-0.2, -0.15) is 0 Å². The summed E-state index contributed by atoms with van der Waals surface area (Å²) in [4.78, 5) is 12.3. The highest BCUT2D eigenvalue weighted by atomic mass is 16.5. The standard InChI is InChI=1S/C35H46O3/c1-4-6-8-10-11-12-18-35(36)38-28(3)29-19-21-30(22-20-29)33-16-13-14-17-34(33)31-23-25-32(26-24-31)37-27-15-9-7-5-2/h13-14,16-17,19-26,28H,4-12,15,18,27H2,1-3H3. The Morgan fingerprint density at radius 1 is 0.658 bits per heavy atom. The Morgan fingerprint density at radius 2 is 1.18 bits per heavy atom. The smallest absolute Gasteiger partial charge is 0.306 e. The Bertz CT molecular complexity index is 1070. The van der Waals surface area contributed by atoms with E-state index in [4.69, 9.17) is 9.47 Å². The summed E-state index contributed by atoms with van der Waals surface area (Å²) in [5.74, 6) is 0.822. The average Bonchev–Trinajstić information content (AvgIpc) is 2.95. The first-order valence-corrected chi connectivity index (χ1v) is 14.7. The van der Waals surface area contributed by atoms with Gasteiger partial charge >= 0.3 is 5.97 Å². The van der Waals surface area contributed by atoms with Gasteiger partial charge in [-0.15, -0.1) is 0 Å². The van der Waals surface area contributed by atoms with Gasteiger partial charge in [-0.05, 0) is 59.7 Å². The zero-order chi connectivity index (χ0) is 27.0. The lowest BCUT2D eigenvalue weighted by atomic mass is 9.93. The van der Waals surface area contributed by atoms with Gasteiger partial charge < -0.3 is 9.47 Å². The third-order valence-electron chi connectivity index (χ3n) is 7.09. The molecule has 0 saturated heterocycles. The fourth-order valence-corrected chi connectivity index (χ4v) is 4.74. The van der Waals surface area contributed by atoms with Gasteiger partial charge in [0.25, 0.3) is 0 Å². The Kier molecular flexibility index (Phi) is 13.0. The van der Waals surface area contributed by atoms with Crippen LogP contribution in [-0.2, 0) is 9.53 Å². The summed E-state index contributed by atoms with van der Waals surface area (Å²) >= 11 is 0. The van der Waals surface area contributed by atoms with Crippen molar-refractivity contribution >= 4 is 5.97 Å². The van der Waals surface area contributed by atoms with Crippen LogP contribution in [0.5, 0.6) is 5.75 Å². The predicted molar refractivity (Wildman–Crippen MR) is 159 cm³/mol. The van der Waals surface area contributed by atoms with Crippen molar-refractivity contribution in [3.05, 3.63) is 78.4 Å². The molecule has 0 aliphatic carbocycles. The SMILES string of the molecule is CCCCCCCCC(=O)OC(C)c1ccc(-c2ccccc2-c2ccc(OCCCCCC)cc2)cc1. The monoisotopic (exact) mass is 514 g/mol. The molecule has 3 aromatic carbocycles. The average molecular weight is 515 g/mol. The minimum absolute atomic E-state index is 0.101. The molecule has 3 rings (SSSR count). The molecular weight excluding hydrogens is 468 g/mol. The number of benzene rings is 3. The molecule has 0 aliphatic rings. The molecule has 3 heteroatoms. The van der Waals surface area contributed by atoms with Crippen LogP contribution in [0.2, 0.25) is 0 Å². The Morgan fingerprint density at radius 3 is 1.79 bits per heavy atom. The number of hydrogen-bond donors (Lipinski definition) is 0. The van der Waals surface area contributed by atoms with Crippen LogP contribution >= 0.6 is 0 Å². The van der Waals surface area contributed by atoms with Crippen molar-refractivity contribution in [3.8, 4) is 28.0 Å². The van der Waals surface area contributed by atoms with Crippen LogP contribution in [0.25, 0.3) is 22.3 Å². The van der Waals surface area contributed by atoms with Crippen LogP contribution in [0.1, 0.15) is 103 Å². The molecule has 0 amide bonds. The van der Waals surface area contributed by atoms with E-state index >= 15 is 0 Å². The summed E-state index contributed by atoms with van der Waals surface area (Å²) in [5.41, 5.74) is 5.70. The second kappa shape index (κ2) is 16.7. The van der Waals surface area contributed by atoms with Crippen LogP contribution in [0, 0.1) is 0 Å². The molecular formula is C35H46O3. The lowest BCUT2D eigenvalue weighted by Gasteiger charge is -2.15. The Balaban J connectivity index is 1.57. The lowest BCUT2D eigenvalue weighted by molar-refractivity contribution is -0.148. The van der Waals surface area contributed by atoms with Crippen molar-refractivity contribution in [2.75, 3.05) is 6.61 Å². The maximum atomic E-state index is 12.3. The van der Waals surface area contributed by atoms with Crippen molar-refractivity contribution in [1.29, 1.82) is 0 Å². The molecule has 0 saturated carbocycles. The molecule has 1 atom stereocenters. The fraction of sp³-hybridized carbons (Fsp3) is 0.457. The second-order valence-corrected chi connectivity index (χ2v) is 10.3. The van der Waals surface area contributed by atoms with Crippen LogP contribution in [0.4, 0.5) is 0 Å². The number of hydrogen-bond acceptors (Lipinski definition) is 3. The first-order chi connectivity index (χ1) is 18.6. The minimum Gasteiger partial charge on any atom is -0.494 e. The molecule has 3 aromatic rings. The van der Waals surface area contributed by atoms with E-state index in [1.807, 2.05) is 6.92 Å². The summed E-state index contributed by atoms with van der Waals surface area (Å²) < 4.78 is 11.6. The summed E-state index contributed by atoms with van der Waals surface area (Å²) in [7, 11) is 0. The summed E-state index contributed by atoms with van der Waals surface area (Å²) in [5, 5.41) is 0. The van der Waals surface area contributed by atoms with Gasteiger partial charge in [-0.1, -0.05) is 126 Å².